The molecule has 2 atom stereocenters. The second kappa shape index (κ2) is 7.93. The van der Waals surface area contributed by atoms with Crippen LogP contribution in [-0.4, -0.2) is 51.5 Å². The maximum atomic E-state index is 12.4. The van der Waals surface area contributed by atoms with Crippen LogP contribution in [0, 0.1) is 12.8 Å². The molecule has 3 rings (SSSR count). The monoisotopic (exact) mass is 405 g/mol. The minimum atomic E-state index is -1.31. The number of benzene rings is 1. The Bertz CT molecular complexity index is 956. The van der Waals surface area contributed by atoms with Crippen molar-refractivity contribution in [1.82, 2.24) is 10.3 Å². The highest BCUT2D eigenvalue weighted by Gasteiger charge is 2.36. The van der Waals surface area contributed by atoms with Gasteiger partial charge in [-0.1, -0.05) is 0 Å². The highest BCUT2D eigenvalue weighted by Crippen LogP contribution is 2.30. The maximum absolute atomic E-state index is 12.4. The normalized spacial score (nSPS) is 17.7. The number of anilines is 1. The zero-order valence-electron chi connectivity index (χ0n) is 15.0. The number of nitrogens with one attached hydrogen (secondary N) is 1. The van der Waals surface area contributed by atoms with Crippen LogP contribution in [0.5, 0.6) is 0 Å². The van der Waals surface area contributed by atoms with Gasteiger partial charge in [0.25, 0.3) is 0 Å². The van der Waals surface area contributed by atoms with E-state index in [0.29, 0.717) is 5.69 Å². The number of thiazole rings is 1. The fraction of sp³-hybridized carbons (Fsp3) is 0.389. The van der Waals surface area contributed by atoms with Gasteiger partial charge in [0.15, 0.2) is 0 Å². The molecule has 0 spiro atoms. The molecule has 1 fully saturated rings. The molecule has 1 aromatic heterocycles. The zero-order valence-corrected chi connectivity index (χ0v) is 15.9. The Morgan fingerprint density at radius 3 is 2.79 bits per heavy atom. The van der Waals surface area contributed by atoms with Gasteiger partial charge >= 0.3 is 11.9 Å². The summed E-state index contributed by atoms with van der Waals surface area (Å²) in [5.74, 6) is -3.95. The number of hydrogen-bond acceptors (Lipinski definition) is 6. The van der Waals surface area contributed by atoms with Crippen LogP contribution < -0.4 is 10.2 Å². The number of rotatable bonds is 7. The lowest BCUT2D eigenvalue weighted by Gasteiger charge is -2.18. The lowest BCUT2D eigenvalue weighted by atomic mass is 10.1. The Morgan fingerprint density at radius 2 is 2.11 bits per heavy atom. The van der Waals surface area contributed by atoms with Crippen LogP contribution in [0.1, 0.15) is 24.3 Å². The topological polar surface area (TPSA) is 137 Å². The van der Waals surface area contributed by atoms with Crippen molar-refractivity contribution >= 4 is 51.0 Å². The molecule has 2 heterocycles. The number of aryl methyl sites for hydroxylation is 1. The quantitative estimate of drug-likeness (QED) is 0.633. The number of carbonyl (C=O) groups is 4. The standard InChI is InChI=1S/C18H19N3O6S/c1-9-19-13-7-11(2-4-14(13)28-9)21-8-10(6-15(21)22)17(25)20-12(18(26)27)3-5-16(23)24/h2,4,7,10,12H,3,5-6,8H2,1H3,(H,20,25)(H,23,24)(H,26,27). The summed E-state index contributed by atoms with van der Waals surface area (Å²) in [5.41, 5.74) is 1.42. The van der Waals surface area contributed by atoms with E-state index < -0.39 is 29.8 Å². The first-order valence-electron chi connectivity index (χ1n) is 8.67. The van der Waals surface area contributed by atoms with E-state index >= 15 is 0 Å². The summed E-state index contributed by atoms with van der Waals surface area (Å²) in [5, 5.41) is 21.1. The molecule has 1 aromatic carbocycles. The van der Waals surface area contributed by atoms with E-state index in [2.05, 4.69) is 10.3 Å². The first-order chi connectivity index (χ1) is 13.2. The van der Waals surface area contributed by atoms with Gasteiger partial charge in [0.1, 0.15) is 6.04 Å². The molecule has 1 aliphatic heterocycles. The van der Waals surface area contributed by atoms with Crippen LogP contribution in [0.2, 0.25) is 0 Å². The summed E-state index contributed by atoms with van der Waals surface area (Å²) in [6.07, 6.45) is -0.633. The highest BCUT2D eigenvalue weighted by atomic mass is 32.1. The van der Waals surface area contributed by atoms with Gasteiger partial charge in [-0.15, -0.1) is 11.3 Å². The Hall–Kier alpha value is -3.01. The molecule has 0 aliphatic carbocycles. The molecule has 2 aromatic rings. The first-order valence-corrected chi connectivity index (χ1v) is 9.49. The predicted molar refractivity (Wildman–Crippen MR) is 101 cm³/mol. The summed E-state index contributed by atoms with van der Waals surface area (Å²) < 4.78 is 1.00. The number of fused-ring (bicyclic) bond motifs is 1. The number of carbonyl (C=O) groups excluding carboxylic acids is 2. The molecule has 2 unspecified atom stereocenters. The molecule has 9 nitrogen and oxygen atoms in total. The fourth-order valence-electron chi connectivity index (χ4n) is 3.15. The van der Waals surface area contributed by atoms with Crippen molar-refractivity contribution in [3.63, 3.8) is 0 Å². The van der Waals surface area contributed by atoms with E-state index in [9.17, 15) is 24.3 Å². The molecule has 10 heteroatoms. The van der Waals surface area contributed by atoms with E-state index in [1.54, 1.807) is 23.5 Å². The third-order valence-electron chi connectivity index (χ3n) is 4.55. The van der Waals surface area contributed by atoms with E-state index in [1.807, 2.05) is 13.0 Å². The third kappa shape index (κ3) is 4.28. The Labute approximate surface area is 164 Å². The van der Waals surface area contributed by atoms with Crippen LogP contribution in [0.4, 0.5) is 5.69 Å². The molecule has 28 heavy (non-hydrogen) atoms. The average Bonchev–Trinajstić information content (AvgIpc) is 3.18. The van der Waals surface area contributed by atoms with E-state index in [0.717, 1.165) is 15.2 Å². The molecular weight excluding hydrogens is 386 g/mol. The summed E-state index contributed by atoms with van der Waals surface area (Å²) in [4.78, 5) is 52.6. The molecule has 1 aliphatic rings. The molecule has 3 N–H and O–H groups in total. The van der Waals surface area contributed by atoms with E-state index in [1.165, 1.54) is 4.90 Å². The van der Waals surface area contributed by atoms with Crippen molar-refractivity contribution in [1.29, 1.82) is 0 Å². The van der Waals surface area contributed by atoms with Crippen LogP contribution >= 0.6 is 11.3 Å². The number of amides is 2. The largest absolute Gasteiger partial charge is 0.481 e. The second-order valence-corrected chi connectivity index (χ2v) is 7.86. The van der Waals surface area contributed by atoms with E-state index in [-0.39, 0.29) is 31.7 Å². The lowest BCUT2D eigenvalue weighted by Crippen LogP contribution is -2.44. The minimum Gasteiger partial charge on any atom is -0.481 e. The maximum Gasteiger partial charge on any atom is 0.326 e. The molecule has 2 amide bonds. The van der Waals surface area contributed by atoms with Crippen LogP contribution in [0.3, 0.4) is 0 Å². The van der Waals surface area contributed by atoms with Crippen molar-refractivity contribution in [2.75, 3.05) is 11.4 Å². The van der Waals surface area contributed by atoms with Crippen LogP contribution in [0.15, 0.2) is 18.2 Å². The Balaban J connectivity index is 1.69. The SMILES string of the molecule is Cc1nc2cc(N3CC(C(=O)NC(CCC(=O)O)C(=O)O)CC3=O)ccc2s1. The van der Waals surface area contributed by atoms with Crippen molar-refractivity contribution in [3.05, 3.63) is 23.2 Å². The predicted octanol–water partition coefficient (Wildman–Crippen LogP) is 1.39. The number of carboxylic acids is 2. The molecule has 148 valence electrons. The zero-order chi connectivity index (χ0) is 20.4. The molecule has 0 radical (unpaired) electrons. The van der Waals surface area contributed by atoms with Gasteiger partial charge in [-0.25, -0.2) is 9.78 Å². The fourth-order valence-corrected chi connectivity index (χ4v) is 3.95. The third-order valence-corrected chi connectivity index (χ3v) is 5.50. The summed E-state index contributed by atoms with van der Waals surface area (Å²) in [7, 11) is 0. The van der Waals surface area contributed by atoms with Gasteiger partial charge in [-0.05, 0) is 31.5 Å². The lowest BCUT2D eigenvalue weighted by molar-refractivity contribution is -0.143. The van der Waals surface area contributed by atoms with Gasteiger partial charge in [0.2, 0.25) is 11.8 Å². The van der Waals surface area contributed by atoms with Crippen LogP contribution in [-0.2, 0) is 19.2 Å². The number of aromatic nitrogens is 1. The van der Waals surface area contributed by atoms with Gasteiger partial charge in [0.05, 0.1) is 21.1 Å². The highest BCUT2D eigenvalue weighted by molar-refractivity contribution is 7.18. The Kier molecular flexibility index (Phi) is 5.59. The van der Waals surface area contributed by atoms with Crippen molar-refractivity contribution in [2.24, 2.45) is 5.92 Å². The second-order valence-electron chi connectivity index (χ2n) is 6.62. The van der Waals surface area contributed by atoms with Gasteiger partial charge in [0, 0.05) is 25.1 Å². The summed E-state index contributed by atoms with van der Waals surface area (Å²) >= 11 is 1.55. The average molecular weight is 405 g/mol. The first kappa shape index (κ1) is 19.7. The van der Waals surface area contributed by atoms with Crippen LogP contribution in [0.25, 0.3) is 10.2 Å². The number of nitrogens with zero attached hydrogens (tertiary/aromatic N) is 2. The number of hydrogen-bond donors (Lipinski definition) is 3. The van der Waals surface area contributed by atoms with Crippen molar-refractivity contribution in [2.45, 2.75) is 32.2 Å². The Morgan fingerprint density at radius 1 is 1.36 bits per heavy atom. The smallest absolute Gasteiger partial charge is 0.326 e. The van der Waals surface area contributed by atoms with Crippen molar-refractivity contribution in [3.8, 4) is 0 Å². The van der Waals surface area contributed by atoms with Gasteiger partial charge < -0.3 is 20.4 Å². The van der Waals surface area contributed by atoms with Crippen molar-refractivity contribution < 1.29 is 29.4 Å². The van der Waals surface area contributed by atoms with Gasteiger partial charge in [-0.3, -0.25) is 14.4 Å². The summed E-state index contributed by atoms with van der Waals surface area (Å²) in [6, 6.07) is 4.17. The van der Waals surface area contributed by atoms with E-state index in [4.69, 9.17) is 5.11 Å². The molecular formula is C18H19N3O6S. The summed E-state index contributed by atoms with van der Waals surface area (Å²) in [6.45, 7) is 2.03. The number of carboxylic acid groups (broad SMARTS) is 2. The number of aliphatic carboxylic acids is 2. The molecule has 0 saturated carbocycles. The van der Waals surface area contributed by atoms with Gasteiger partial charge in [-0.2, -0.15) is 0 Å². The minimum absolute atomic E-state index is 0.0365. The molecule has 0 bridgehead atoms. The molecule has 1 saturated heterocycles.